The van der Waals surface area contributed by atoms with Gasteiger partial charge in [0.2, 0.25) is 0 Å². The van der Waals surface area contributed by atoms with Crippen LogP contribution in [0.2, 0.25) is 0 Å². The second kappa shape index (κ2) is 6.95. The molecule has 19 heavy (non-hydrogen) atoms. The molecule has 0 fully saturated rings. The van der Waals surface area contributed by atoms with Crippen LogP contribution in [0.3, 0.4) is 0 Å². The maximum atomic E-state index is 6.09. The van der Waals surface area contributed by atoms with Gasteiger partial charge in [0, 0.05) is 11.7 Å². The van der Waals surface area contributed by atoms with Crippen molar-refractivity contribution in [2.24, 2.45) is 0 Å². The Kier molecular flexibility index (Phi) is 5.26. The third kappa shape index (κ3) is 3.50. The standard InChI is InChI=1S/C17H28N2/c1-3-5-12-19(11-4-2)15-9-10-16-14(13-15)7-6-8-17(16)18/h6-8,15H,3-5,9-13,18H2,1-2H3. The predicted molar refractivity (Wildman–Crippen MR) is 83.4 cm³/mol. The lowest BCUT2D eigenvalue weighted by atomic mass is 9.86. The van der Waals surface area contributed by atoms with Crippen LogP contribution < -0.4 is 5.73 Å². The van der Waals surface area contributed by atoms with Crippen molar-refractivity contribution in [3.05, 3.63) is 29.3 Å². The zero-order valence-corrected chi connectivity index (χ0v) is 12.5. The Balaban J connectivity index is 2.06. The molecule has 0 saturated carbocycles. The summed E-state index contributed by atoms with van der Waals surface area (Å²) in [6, 6.07) is 7.13. The highest BCUT2D eigenvalue weighted by Crippen LogP contribution is 2.28. The van der Waals surface area contributed by atoms with E-state index in [2.05, 4.69) is 30.9 Å². The fourth-order valence-electron chi connectivity index (χ4n) is 3.25. The molecule has 0 aromatic heterocycles. The van der Waals surface area contributed by atoms with Gasteiger partial charge < -0.3 is 10.6 Å². The molecule has 1 aromatic carbocycles. The molecule has 2 heteroatoms. The van der Waals surface area contributed by atoms with Crippen LogP contribution in [-0.4, -0.2) is 24.0 Å². The molecule has 0 heterocycles. The number of nitrogens with two attached hydrogens (primary N) is 1. The molecule has 2 rings (SSSR count). The topological polar surface area (TPSA) is 29.3 Å². The minimum absolute atomic E-state index is 0.723. The maximum absolute atomic E-state index is 6.09. The Labute approximate surface area is 118 Å². The van der Waals surface area contributed by atoms with Crippen molar-refractivity contribution in [3.63, 3.8) is 0 Å². The van der Waals surface area contributed by atoms with Gasteiger partial charge in [0.25, 0.3) is 0 Å². The molecular formula is C17H28N2. The molecule has 1 aliphatic carbocycles. The van der Waals surface area contributed by atoms with E-state index in [1.54, 1.807) is 0 Å². The van der Waals surface area contributed by atoms with Crippen molar-refractivity contribution in [2.75, 3.05) is 18.8 Å². The van der Waals surface area contributed by atoms with Crippen molar-refractivity contribution < 1.29 is 0 Å². The van der Waals surface area contributed by atoms with Gasteiger partial charge in [-0.3, -0.25) is 0 Å². The molecule has 1 aromatic rings. The van der Waals surface area contributed by atoms with Gasteiger partial charge in [-0.05, 0) is 62.4 Å². The van der Waals surface area contributed by atoms with E-state index in [0.717, 1.165) is 18.2 Å². The normalized spacial score (nSPS) is 18.6. The summed E-state index contributed by atoms with van der Waals surface area (Å²) in [6.07, 6.45) is 7.47. The Morgan fingerprint density at radius 1 is 1.21 bits per heavy atom. The lowest BCUT2D eigenvalue weighted by molar-refractivity contribution is 0.177. The van der Waals surface area contributed by atoms with E-state index in [4.69, 9.17) is 5.73 Å². The number of benzene rings is 1. The molecule has 0 saturated heterocycles. The average molecular weight is 260 g/mol. The largest absolute Gasteiger partial charge is 0.398 e. The van der Waals surface area contributed by atoms with Crippen molar-refractivity contribution in [2.45, 2.75) is 58.4 Å². The first-order chi connectivity index (χ1) is 9.26. The molecule has 1 atom stereocenters. The van der Waals surface area contributed by atoms with E-state index in [1.165, 1.54) is 56.3 Å². The molecule has 1 unspecified atom stereocenters. The lowest BCUT2D eigenvalue weighted by Crippen LogP contribution is -2.40. The van der Waals surface area contributed by atoms with Gasteiger partial charge >= 0.3 is 0 Å². The van der Waals surface area contributed by atoms with Gasteiger partial charge in [-0.25, -0.2) is 0 Å². The van der Waals surface area contributed by atoms with Crippen LogP contribution in [0.4, 0.5) is 5.69 Å². The van der Waals surface area contributed by atoms with Crippen LogP contribution in [0.5, 0.6) is 0 Å². The summed E-state index contributed by atoms with van der Waals surface area (Å²) < 4.78 is 0. The van der Waals surface area contributed by atoms with Crippen LogP contribution in [0.15, 0.2) is 18.2 Å². The number of rotatable bonds is 6. The first-order valence-corrected chi connectivity index (χ1v) is 7.86. The predicted octanol–water partition coefficient (Wildman–Crippen LogP) is 3.64. The van der Waals surface area contributed by atoms with Crippen LogP contribution >= 0.6 is 0 Å². The summed E-state index contributed by atoms with van der Waals surface area (Å²) in [5, 5.41) is 0. The number of anilines is 1. The first kappa shape index (κ1) is 14.4. The molecule has 0 aliphatic heterocycles. The van der Waals surface area contributed by atoms with Crippen molar-refractivity contribution in [1.29, 1.82) is 0 Å². The van der Waals surface area contributed by atoms with E-state index < -0.39 is 0 Å². The van der Waals surface area contributed by atoms with Gasteiger partial charge in [0.1, 0.15) is 0 Å². The number of hydrogen-bond donors (Lipinski definition) is 1. The Bertz CT molecular complexity index is 400. The van der Waals surface area contributed by atoms with E-state index in [9.17, 15) is 0 Å². The highest BCUT2D eigenvalue weighted by molar-refractivity contribution is 5.52. The Hall–Kier alpha value is -1.02. The molecule has 0 spiro atoms. The van der Waals surface area contributed by atoms with Gasteiger partial charge in [0.05, 0.1) is 0 Å². The van der Waals surface area contributed by atoms with Crippen molar-refractivity contribution >= 4 is 5.69 Å². The molecular weight excluding hydrogens is 232 g/mol. The summed E-state index contributed by atoms with van der Waals surface area (Å²) >= 11 is 0. The first-order valence-electron chi connectivity index (χ1n) is 7.86. The number of fused-ring (bicyclic) bond motifs is 1. The summed E-state index contributed by atoms with van der Waals surface area (Å²) in [5.74, 6) is 0. The van der Waals surface area contributed by atoms with Gasteiger partial charge in [-0.15, -0.1) is 0 Å². The van der Waals surface area contributed by atoms with Crippen LogP contribution in [0, 0.1) is 0 Å². The second-order valence-corrected chi connectivity index (χ2v) is 5.77. The van der Waals surface area contributed by atoms with Crippen molar-refractivity contribution in [3.8, 4) is 0 Å². The Morgan fingerprint density at radius 2 is 2.05 bits per heavy atom. The van der Waals surface area contributed by atoms with E-state index in [-0.39, 0.29) is 0 Å². The summed E-state index contributed by atoms with van der Waals surface area (Å²) in [7, 11) is 0. The van der Waals surface area contributed by atoms with Crippen molar-refractivity contribution in [1.82, 2.24) is 4.90 Å². The fraction of sp³-hybridized carbons (Fsp3) is 0.647. The summed E-state index contributed by atoms with van der Waals surface area (Å²) in [4.78, 5) is 2.70. The third-order valence-corrected chi connectivity index (χ3v) is 4.32. The highest BCUT2D eigenvalue weighted by Gasteiger charge is 2.24. The zero-order valence-electron chi connectivity index (χ0n) is 12.5. The third-order valence-electron chi connectivity index (χ3n) is 4.32. The minimum atomic E-state index is 0.723. The van der Waals surface area contributed by atoms with E-state index >= 15 is 0 Å². The average Bonchev–Trinajstić information content (AvgIpc) is 2.43. The second-order valence-electron chi connectivity index (χ2n) is 5.77. The number of unbranched alkanes of at least 4 members (excludes halogenated alkanes) is 1. The quantitative estimate of drug-likeness (QED) is 0.791. The molecule has 106 valence electrons. The maximum Gasteiger partial charge on any atom is 0.0349 e. The number of hydrogen-bond acceptors (Lipinski definition) is 2. The number of nitrogen functional groups attached to an aromatic ring is 1. The lowest BCUT2D eigenvalue weighted by Gasteiger charge is -2.35. The molecule has 0 bridgehead atoms. The fourth-order valence-corrected chi connectivity index (χ4v) is 3.25. The zero-order chi connectivity index (χ0) is 13.7. The molecule has 0 radical (unpaired) electrons. The van der Waals surface area contributed by atoms with Crippen LogP contribution in [0.25, 0.3) is 0 Å². The summed E-state index contributed by atoms with van der Waals surface area (Å²) in [6.45, 7) is 7.06. The van der Waals surface area contributed by atoms with Crippen LogP contribution in [-0.2, 0) is 12.8 Å². The van der Waals surface area contributed by atoms with Crippen LogP contribution in [0.1, 0.15) is 50.7 Å². The highest BCUT2D eigenvalue weighted by atomic mass is 15.1. The van der Waals surface area contributed by atoms with E-state index in [0.29, 0.717) is 0 Å². The minimum Gasteiger partial charge on any atom is -0.398 e. The smallest absolute Gasteiger partial charge is 0.0349 e. The van der Waals surface area contributed by atoms with Gasteiger partial charge in [-0.1, -0.05) is 32.4 Å². The molecule has 2 N–H and O–H groups in total. The van der Waals surface area contributed by atoms with Gasteiger partial charge in [-0.2, -0.15) is 0 Å². The Morgan fingerprint density at radius 3 is 2.79 bits per heavy atom. The summed E-state index contributed by atoms with van der Waals surface area (Å²) in [5.41, 5.74) is 9.97. The van der Waals surface area contributed by atoms with E-state index in [1.807, 2.05) is 6.07 Å². The molecule has 1 aliphatic rings. The molecule has 2 nitrogen and oxygen atoms in total. The monoisotopic (exact) mass is 260 g/mol. The SMILES string of the molecule is CCCCN(CCC)C1CCc2c(N)cccc2C1. The number of nitrogens with zero attached hydrogens (tertiary/aromatic N) is 1. The van der Waals surface area contributed by atoms with Gasteiger partial charge in [0.15, 0.2) is 0 Å². The molecule has 0 amide bonds.